The predicted octanol–water partition coefficient (Wildman–Crippen LogP) is 1.99. The molecule has 1 aromatic rings. The first-order valence-electron chi connectivity index (χ1n) is 7.18. The molecule has 4 heteroatoms. The van der Waals surface area contributed by atoms with Crippen molar-refractivity contribution in [3.05, 3.63) is 35.9 Å². The molecule has 0 saturated heterocycles. The van der Waals surface area contributed by atoms with Crippen molar-refractivity contribution < 1.29 is 9.59 Å². The SMILES string of the molecule is CC.CNC1(C(=O)N(CC=O)Cc2ccccc2)CC1. The van der Waals surface area contributed by atoms with Gasteiger partial charge in [0.2, 0.25) is 5.91 Å². The number of amides is 1. The van der Waals surface area contributed by atoms with Gasteiger partial charge in [0.05, 0.1) is 12.1 Å². The van der Waals surface area contributed by atoms with Crippen molar-refractivity contribution in [3.63, 3.8) is 0 Å². The molecule has 0 heterocycles. The standard InChI is InChI=1S/C14H18N2O2.C2H6/c1-15-14(7-8-14)13(18)16(9-10-17)11-12-5-3-2-4-6-12;1-2/h2-6,10,15H,7-9,11H2,1H3;1-2H3. The summed E-state index contributed by atoms with van der Waals surface area (Å²) in [5, 5.41) is 3.07. The van der Waals surface area contributed by atoms with Crippen LogP contribution in [0.4, 0.5) is 0 Å². The summed E-state index contributed by atoms with van der Waals surface area (Å²) in [6, 6.07) is 9.73. The quantitative estimate of drug-likeness (QED) is 0.808. The van der Waals surface area contributed by atoms with Crippen LogP contribution in [-0.4, -0.2) is 36.2 Å². The van der Waals surface area contributed by atoms with Gasteiger partial charge in [0, 0.05) is 6.54 Å². The lowest BCUT2D eigenvalue weighted by molar-refractivity contribution is -0.136. The van der Waals surface area contributed by atoms with Gasteiger partial charge < -0.3 is 15.0 Å². The molecule has 0 atom stereocenters. The zero-order valence-corrected chi connectivity index (χ0v) is 12.6. The monoisotopic (exact) mass is 276 g/mol. The van der Waals surface area contributed by atoms with Crippen LogP contribution in [0.25, 0.3) is 0 Å². The van der Waals surface area contributed by atoms with Gasteiger partial charge in [-0.25, -0.2) is 0 Å². The maximum atomic E-state index is 12.4. The number of hydrogen-bond acceptors (Lipinski definition) is 3. The van der Waals surface area contributed by atoms with Crippen LogP contribution in [0.3, 0.4) is 0 Å². The van der Waals surface area contributed by atoms with Crippen molar-refractivity contribution >= 4 is 12.2 Å². The van der Waals surface area contributed by atoms with Crippen LogP contribution in [-0.2, 0) is 16.1 Å². The number of nitrogens with one attached hydrogen (secondary N) is 1. The van der Waals surface area contributed by atoms with E-state index < -0.39 is 5.54 Å². The third-order valence-corrected chi connectivity index (χ3v) is 3.44. The molecule has 110 valence electrons. The molecule has 1 N–H and O–H groups in total. The molecule has 0 radical (unpaired) electrons. The fraction of sp³-hybridized carbons (Fsp3) is 0.500. The molecular weight excluding hydrogens is 252 g/mol. The third-order valence-electron chi connectivity index (χ3n) is 3.44. The van der Waals surface area contributed by atoms with Gasteiger partial charge in [-0.1, -0.05) is 44.2 Å². The van der Waals surface area contributed by atoms with Gasteiger partial charge in [0.15, 0.2) is 0 Å². The molecular formula is C16H24N2O2. The number of likely N-dealkylation sites (N-methyl/N-ethyl adjacent to an activating group) is 1. The maximum Gasteiger partial charge on any atom is 0.243 e. The van der Waals surface area contributed by atoms with Crippen LogP contribution >= 0.6 is 0 Å². The summed E-state index contributed by atoms with van der Waals surface area (Å²) in [4.78, 5) is 24.7. The lowest BCUT2D eigenvalue weighted by atomic mass is 10.1. The van der Waals surface area contributed by atoms with Gasteiger partial charge in [0.25, 0.3) is 0 Å². The number of rotatable bonds is 6. The number of nitrogens with zero attached hydrogens (tertiary/aromatic N) is 1. The number of benzene rings is 1. The topological polar surface area (TPSA) is 49.4 Å². The van der Waals surface area contributed by atoms with Crippen molar-refractivity contribution in [2.24, 2.45) is 0 Å². The minimum atomic E-state index is -0.419. The van der Waals surface area contributed by atoms with Gasteiger partial charge in [-0.15, -0.1) is 0 Å². The van der Waals surface area contributed by atoms with Crippen LogP contribution < -0.4 is 5.32 Å². The first-order valence-corrected chi connectivity index (χ1v) is 7.18. The second-order valence-corrected chi connectivity index (χ2v) is 4.67. The molecule has 0 aromatic heterocycles. The van der Waals surface area contributed by atoms with Gasteiger partial charge in [-0.3, -0.25) is 4.79 Å². The van der Waals surface area contributed by atoms with E-state index in [4.69, 9.17) is 0 Å². The molecule has 2 rings (SSSR count). The number of aldehydes is 1. The molecule has 0 bridgehead atoms. The molecule has 4 nitrogen and oxygen atoms in total. The van der Waals surface area contributed by atoms with E-state index in [2.05, 4.69) is 5.32 Å². The molecule has 20 heavy (non-hydrogen) atoms. The molecule has 1 aliphatic rings. The Kier molecular flexibility index (Phi) is 6.39. The number of hydrogen-bond donors (Lipinski definition) is 1. The van der Waals surface area contributed by atoms with E-state index in [1.807, 2.05) is 44.2 Å². The zero-order chi connectivity index (χ0) is 15.0. The summed E-state index contributed by atoms with van der Waals surface area (Å²) in [7, 11) is 1.80. The van der Waals surface area contributed by atoms with Gasteiger partial charge in [-0.05, 0) is 25.5 Å². The van der Waals surface area contributed by atoms with Crippen LogP contribution in [0, 0.1) is 0 Å². The van der Waals surface area contributed by atoms with Crippen molar-refractivity contribution in [1.82, 2.24) is 10.2 Å². The molecule has 0 aliphatic heterocycles. The Morgan fingerprint density at radius 3 is 2.35 bits per heavy atom. The Balaban J connectivity index is 0.000000956. The zero-order valence-electron chi connectivity index (χ0n) is 12.6. The Morgan fingerprint density at radius 1 is 1.30 bits per heavy atom. The second-order valence-electron chi connectivity index (χ2n) is 4.67. The van der Waals surface area contributed by atoms with Crippen molar-refractivity contribution in [2.45, 2.75) is 38.8 Å². The minimum Gasteiger partial charge on any atom is -0.330 e. The molecule has 0 unspecified atom stereocenters. The molecule has 1 aromatic carbocycles. The van der Waals surface area contributed by atoms with E-state index in [1.54, 1.807) is 11.9 Å². The van der Waals surface area contributed by atoms with E-state index in [0.29, 0.717) is 6.54 Å². The summed E-state index contributed by atoms with van der Waals surface area (Å²) in [5.41, 5.74) is 0.622. The first kappa shape index (κ1) is 16.4. The van der Waals surface area contributed by atoms with Crippen molar-refractivity contribution in [1.29, 1.82) is 0 Å². The minimum absolute atomic E-state index is 0.0287. The van der Waals surface area contributed by atoms with Gasteiger partial charge in [-0.2, -0.15) is 0 Å². The van der Waals surface area contributed by atoms with E-state index in [0.717, 1.165) is 24.7 Å². The van der Waals surface area contributed by atoms with Crippen LogP contribution in [0.15, 0.2) is 30.3 Å². The summed E-state index contributed by atoms with van der Waals surface area (Å²) >= 11 is 0. The average Bonchev–Trinajstić information content (AvgIpc) is 3.30. The van der Waals surface area contributed by atoms with E-state index >= 15 is 0 Å². The molecule has 1 aliphatic carbocycles. The molecule has 1 amide bonds. The van der Waals surface area contributed by atoms with Crippen LogP contribution in [0.1, 0.15) is 32.3 Å². The van der Waals surface area contributed by atoms with Crippen LogP contribution in [0.5, 0.6) is 0 Å². The Hall–Kier alpha value is -1.68. The molecule has 1 fully saturated rings. The maximum absolute atomic E-state index is 12.4. The lowest BCUT2D eigenvalue weighted by Gasteiger charge is -2.25. The first-order chi connectivity index (χ1) is 9.72. The molecule has 0 spiro atoms. The summed E-state index contributed by atoms with van der Waals surface area (Å²) < 4.78 is 0. The number of carbonyl (C=O) groups excluding carboxylic acids is 2. The number of carbonyl (C=O) groups is 2. The van der Waals surface area contributed by atoms with Crippen molar-refractivity contribution in [2.75, 3.05) is 13.6 Å². The summed E-state index contributed by atoms with van der Waals surface area (Å²) in [6.07, 6.45) is 2.49. The highest BCUT2D eigenvalue weighted by atomic mass is 16.2. The normalized spacial score (nSPS) is 14.8. The largest absolute Gasteiger partial charge is 0.330 e. The van der Waals surface area contributed by atoms with Gasteiger partial charge in [0.1, 0.15) is 6.29 Å². The Bertz CT molecular complexity index is 427. The predicted molar refractivity (Wildman–Crippen MR) is 80.3 cm³/mol. The lowest BCUT2D eigenvalue weighted by Crippen LogP contribution is -2.47. The van der Waals surface area contributed by atoms with Crippen molar-refractivity contribution in [3.8, 4) is 0 Å². The highest BCUT2D eigenvalue weighted by Gasteiger charge is 2.50. The average molecular weight is 276 g/mol. The van der Waals surface area contributed by atoms with Gasteiger partial charge >= 0.3 is 0 Å². The highest BCUT2D eigenvalue weighted by Crippen LogP contribution is 2.36. The summed E-state index contributed by atoms with van der Waals surface area (Å²) in [5.74, 6) is 0.0287. The third kappa shape index (κ3) is 3.90. The smallest absolute Gasteiger partial charge is 0.243 e. The van der Waals surface area contributed by atoms with E-state index in [-0.39, 0.29) is 12.5 Å². The Morgan fingerprint density at radius 2 is 1.90 bits per heavy atom. The fourth-order valence-electron chi connectivity index (χ4n) is 2.11. The van der Waals surface area contributed by atoms with E-state index in [9.17, 15) is 9.59 Å². The summed E-state index contributed by atoms with van der Waals surface area (Å²) in [6.45, 7) is 4.64. The molecule has 1 saturated carbocycles. The highest BCUT2D eigenvalue weighted by molar-refractivity contribution is 5.90. The Labute approximate surface area is 121 Å². The fourth-order valence-corrected chi connectivity index (χ4v) is 2.11. The van der Waals surface area contributed by atoms with E-state index in [1.165, 1.54) is 0 Å². The second kappa shape index (κ2) is 7.80. The van der Waals surface area contributed by atoms with Crippen LogP contribution in [0.2, 0.25) is 0 Å².